The van der Waals surface area contributed by atoms with Crippen LogP contribution in [0.4, 0.5) is 0 Å². The van der Waals surface area contributed by atoms with Crippen molar-refractivity contribution in [1.82, 2.24) is 0 Å². The van der Waals surface area contributed by atoms with Crippen LogP contribution in [-0.2, 0) is 13.2 Å². The SMILES string of the molecule is OCc1cc(-c2cc3sc4ccsc4c3s2)c(CO)cc1-c1cc2sc3ccsc3c2s1. The molecule has 0 saturated carbocycles. The third kappa shape index (κ3) is 2.85. The van der Waals surface area contributed by atoms with Crippen molar-refractivity contribution in [1.29, 1.82) is 0 Å². The summed E-state index contributed by atoms with van der Waals surface area (Å²) in [5.74, 6) is 0. The second-order valence-corrected chi connectivity index (χ2v) is 13.6. The van der Waals surface area contributed by atoms with Crippen LogP contribution < -0.4 is 0 Å². The van der Waals surface area contributed by atoms with Gasteiger partial charge in [-0.2, -0.15) is 0 Å². The average molecular weight is 527 g/mol. The molecule has 0 aliphatic heterocycles. The van der Waals surface area contributed by atoms with Gasteiger partial charge in [-0.05, 0) is 69.4 Å². The molecule has 6 heterocycles. The van der Waals surface area contributed by atoms with Crippen molar-refractivity contribution in [2.45, 2.75) is 13.2 Å². The summed E-state index contributed by atoms with van der Waals surface area (Å²) >= 11 is 10.8. The van der Waals surface area contributed by atoms with Crippen LogP contribution in [-0.4, -0.2) is 10.2 Å². The van der Waals surface area contributed by atoms with Crippen LogP contribution in [0.1, 0.15) is 11.1 Å². The number of aliphatic hydroxyl groups excluding tert-OH is 2. The van der Waals surface area contributed by atoms with Gasteiger partial charge >= 0.3 is 0 Å². The third-order valence-electron chi connectivity index (χ3n) is 5.71. The molecule has 6 aromatic heterocycles. The molecule has 2 nitrogen and oxygen atoms in total. The molecule has 0 aliphatic carbocycles. The van der Waals surface area contributed by atoms with E-state index in [1.807, 2.05) is 22.7 Å². The fraction of sp³-hybridized carbons (Fsp3) is 0.0833. The highest BCUT2D eigenvalue weighted by molar-refractivity contribution is 7.39. The van der Waals surface area contributed by atoms with Gasteiger partial charge in [0.15, 0.2) is 0 Å². The first-order valence-electron chi connectivity index (χ1n) is 9.91. The van der Waals surface area contributed by atoms with E-state index in [-0.39, 0.29) is 13.2 Å². The number of fused-ring (bicyclic) bond motifs is 6. The molecule has 0 saturated heterocycles. The van der Waals surface area contributed by atoms with Crippen molar-refractivity contribution >= 4 is 106 Å². The van der Waals surface area contributed by atoms with Crippen LogP contribution in [0, 0.1) is 0 Å². The standard InChI is InChI=1S/C24H14O2S6/c25-9-11-6-14(18-8-20-24(32-18)22-16(30-20)2-4-28-22)12(10-26)5-13(11)17-7-19-23(31-17)21-15(29-19)1-3-27-21/h1-8,25-26H,9-10H2. The van der Waals surface area contributed by atoms with E-state index in [1.54, 1.807) is 45.3 Å². The minimum absolute atomic E-state index is 0.0249. The van der Waals surface area contributed by atoms with Crippen LogP contribution in [0.3, 0.4) is 0 Å². The highest BCUT2D eigenvalue weighted by atomic mass is 32.1. The summed E-state index contributed by atoms with van der Waals surface area (Å²) < 4.78 is 10.6. The van der Waals surface area contributed by atoms with Gasteiger partial charge in [-0.25, -0.2) is 0 Å². The number of benzene rings is 1. The molecule has 0 bridgehead atoms. The summed E-state index contributed by atoms with van der Waals surface area (Å²) in [5.41, 5.74) is 3.87. The number of hydrogen-bond acceptors (Lipinski definition) is 8. The minimum atomic E-state index is -0.0249. The Balaban J connectivity index is 1.40. The smallest absolute Gasteiger partial charge is 0.0688 e. The van der Waals surface area contributed by atoms with Gasteiger partial charge in [0.25, 0.3) is 0 Å². The van der Waals surface area contributed by atoms with Gasteiger partial charge in [0, 0.05) is 28.6 Å². The van der Waals surface area contributed by atoms with E-state index < -0.39 is 0 Å². The van der Waals surface area contributed by atoms with Gasteiger partial charge in [-0.15, -0.1) is 68.0 Å². The molecule has 0 unspecified atom stereocenters. The molecule has 0 atom stereocenters. The first-order chi connectivity index (χ1) is 15.7. The maximum Gasteiger partial charge on any atom is 0.0688 e. The molecule has 8 heteroatoms. The van der Waals surface area contributed by atoms with Crippen molar-refractivity contribution in [3.05, 3.63) is 58.3 Å². The zero-order chi connectivity index (χ0) is 21.4. The van der Waals surface area contributed by atoms with Crippen LogP contribution in [0.5, 0.6) is 0 Å². The van der Waals surface area contributed by atoms with E-state index in [0.717, 1.165) is 32.0 Å². The topological polar surface area (TPSA) is 40.5 Å². The lowest BCUT2D eigenvalue weighted by Gasteiger charge is -2.13. The third-order valence-corrected chi connectivity index (χ3v) is 12.9. The number of aliphatic hydroxyl groups is 2. The van der Waals surface area contributed by atoms with Gasteiger partial charge in [-0.1, -0.05) is 0 Å². The molecular formula is C24H14O2S6. The second-order valence-electron chi connectivity index (χ2n) is 7.52. The first-order valence-corrected chi connectivity index (χ1v) is 14.9. The summed E-state index contributed by atoms with van der Waals surface area (Å²) in [6.07, 6.45) is 0. The quantitative estimate of drug-likeness (QED) is 0.240. The van der Waals surface area contributed by atoms with Crippen molar-refractivity contribution in [3.63, 3.8) is 0 Å². The molecule has 7 rings (SSSR count). The Kier molecular flexibility index (Phi) is 4.61. The maximum absolute atomic E-state index is 10.2. The summed E-state index contributed by atoms with van der Waals surface area (Å²) in [5, 5.41) is 24.8. The van der Waals surface area contributed by atoms with Crippen molar-refractivity contribution in [3.8, 4) is 20.9 Å². The van der Waals surface area contributed by atoms with Gasteiger partial charge in [0.05, 0.1) is 32.0 Å². The fourth-order valence-electron chi connectivity index (χ4n) is 4.22. The Labute approximate surface area is 206 Å². The van der Waals surface area contributed by atoms with Gasteiger partial charge in [0.1, 0.15) is 0 Å². The maximum atomic E-state index is 10.2. The van der Waals surface area contributed by atoms with E-state index in [9.17, 15) is 10.2 Å². The van der Waals surface area contributed by atoms with E-state index >= 15 is 0 Å². The Hall–Kier alpha value is -1.62. The molecule has 0 fully saturated rings. The van der Waals surface area contributed by atoms with E-state index in [1.165, 1.54) is 37.6 Å². The summed E-state index contributed by atoms with van der Waals surface area (Å²) in [4.78, 5) is 2.30. The number of rotatable bonds is 4. The number of thiophene rings is 6. The van der Waals surface area contributed by atoms with Crippen LogP contribution in [0.25, 0.3) is 58.5 Å². The largest absolute Gasteiger partial charge is 0.392 e. The normalized spacial score (nSPS) is 12.3. The van der Waals surface area contributed by atoms with Crippen molar-refractivity contribution in [2.75, 3.05) is 0 Å². The Bertz CT molecular complexity index is 1630. The van der Waals surface area contributed by atoms with Gasteiger partial charge < -0.3 is 10.2 Å². The molecule has 0 radical (unpaired) electrons. The molecule has 32 heavy (non-hydrogen) atoms. The van der Waals surface area contributed by atoms with Gasteiger partial charge in [-0.3, -0.25) is 0 Å². The molecule has 7 aromatic rings. The second kappa shape index (κ2) is 7.44. The van der Waals surface area contributed by atoms with Crippen LogP contribution in [0.15, 0.2) is 47.2 Å². The minimum Gasteiger partial charge on any atom is -0.392 e. The van der Waals surface area contributed by atoms with E-state index in [0.29, 0.717) is 0 Å². The molecule has 0 spiro atoms. The predicted molar refractivity (Wildman–Crippen MR) is 146 cm³/mol. The number of hydrogen-bond donors (Lipinski definition) is 2. The monoisotopic (exact) mass is 526 g/mol. The van der Waals surface area contributed by atoms with E-state index in [2.05, 4.69) is 47.2 Å². The summed E-state index contributed by atoms with van der Waals surface area (Å²) in [7, 11) is 0. The zero-order valence-electron chi connectivity index (χ0n) is 16.4. The molecule has 0 amide bonds. The first kappa shape index (κ1) is 19.8. The highest BCUT2D eigenvalue weighted by Crippen LogP contribution is 2.48. The van der Waals surface area contributed by atoms with Crippen molar-refractivity contribution in [2.24, 2.45) is 0 Å². The Morgan fingerprint density at radius 2 is 1.00 bits per heavy atom. The fourth-order valence-corrected chi connectivity index (χ4v) is 11.9. The Morgan fingerprint density at radius 3 is 1.44 bits per heavy atom. The summed E-state index contributed by atoms with van der Waals surface area (Å²) in [6.45, 7) is -0.0498. The van der Waals surface area contributed by atoms with Crippen molar-refractivity contribution < 1.29 is 10.2 Å². The Morgan fingerprint density at radius 1 is 0.531 bits per heavy atom. The lowest BCUT2D eigenvalue weighted by atomic mass is 9.97. The zero-order valence-corrected chi connectivity index (χ0v) is 21.3. The molecular weight excluding hydrogens is 513 g/mol. The van der Waals surface area contributed by atoms with Gasteiger partial charge in [0.2, 0.25) is 0 Å². The van der Waals surface area contributed by atoms with Crippen LogP contribution in [0.2, 0.25) is 0 Å². The van der Waals surface area contributed by atoms with Crippen LogP contribution >= 0.6 is 68.0 Å². The lowest BCUT2D eigenvalue weighted by molar-refractivity contribution is 0.279. The lowest BCUT2D eigenvalue weighted by Crippen LogP contribution is -1.95. The highest BCUT2D eigenvalue weighted by Gasteiger charge is 2.19. The molecule has 158 valence electrons. The summed E-state index contributed by atoms with van der Waals surface area (Å²) in [6, 6.07) is 13.0. The van der Waals surface area contributed by atoms with E-state index in [4.69, 9.17) is 0 Å². The molecule has 2 N–H and O–H groups in total. The molecule has 0 aliphatic rings. The average Bonchev–Trinajstić information content (AvgIpc) is 3.59. The predicted octanol–water partition coefficient (Wildman–Crippen LogP) is 8.99. The molecule has 1 aromatic carbocycles.